The molecule has 0 aliphatic rings. The molecule has 2 heterocycles. The molecule has 0 radical (unpaired) electrons. The summed E-state index contributed by atoms with van der Waals surface area (Å²) in [5, 5.41) is 5.66. The third-order valence-corrected chi connectivity index (χ3v) is 6.59. The molecule has 0 saturated carbocycles. The molecule has 0 bridgehead atoms. The van der Waals surface area contributed by atoms with Crippen LogP contribution in [0.25, 0.3) is 21.3 Å². The molecule has 0 spiro atoms. The third-order valence-electron chi connectivity index (χ3n) is 5.41. The number of hydrogen-bond donors (Lipinski definition) is 1. The number of ether oxygens (including phenoxy) is 1. The highest BCUT2D eigenvalue weighted by molar-refractivity contribution is 7.17. The van der Waals surface area contributed by atoms with Gasteiger partial charge in [0.05, 0.1) is 23.8 Å². The number of nitrogens with zero attached hydrogens (tertiary/aromatic N) is 2. The van der Waals surface area contributed by atoms with Gasteiger partial charge in [-0.15, -0.1) is 11.3 Å². The zero-order valence-electron chi connectivity index (χ0n) is 18.1. The number of hydrogen-bond acceptors (Lipinski definition) is 5. The Labute approximate surface area is 194 Å². The number of anilines is 1. The van der Waals surface area contributed by atoms with Crippen molar-refractivity contribution in [2.75, 3.05) is 12.4 Å². The number of nitrogens with one attached hydrogen (secondary N) is 1. The van der Waals surface area contributed by atoms with E-state index in [1.165, 1.54) is 29.3 Å². The number of carbonyl (C=O) groups is 1. The van der Waals surface area contributed by atoms with E-state index < -0.39 is 6.04 Å². The van der Waals surface area contributed by atoms with Gasteiger partial charge in [-0.1, -0.05) is 35.4 Å². The number of aryl methyl sites for hydroxylation is 2. The monoisotopic (exact) mass is 467 g/mol. The standard InChI is InChI=1S/C24H22ClN3O3S/c1-13-5-7-17(14(2)9-13)18-11-32-23-21(18)24(30)28(12-26-23)15(3)22(29)27-16-6-8-20(31-4)19(25)10-16/h5-12,15H,1-4H3,(H,27,29). The van der Waals surface area contributed by atoms with E-state index in [9.17, 15) is 9.59 Å². The highest BCUT2D eigenvalue weighted by atomic mass is 35.5. The predicted octanol–water partition coefficient (Wildman–Crippen LogP) is 5.60. The molecule has 0 aliphatic heterocycles. The number of methoxy groups -OCH3 is 1. The average Bonchev–Trinajstić information content (AvgIpc) is 3.18. The van der Waals surface area contributed by atoms with Crippen LogP contribution in [-0.2, 0) is 4.79 Å². The molecule has 4 rings (SSSR count). The van der Waals surface area contributed by atoms with Gasteiger partial charge in [0.25, 0.3) is 5.56 Å². The number of benzene rings is 2. The minimum absolute atomic E-state index is 0.248. The smallest absolute Gasteiger partial charge is 0.263 e. The SMILES string of the molecule is COc1ccc(NC(=O)C(C)n2cnc3scc(-c4ccc(C)cc4C)c3c2=O)cc1Cl. The Hall–Kier alpha value is -3.16. The van der Waals surface area contributed by atoms with E-state index in [1.54, 1.807) is 25.1 Å². The molecule has 6 nitrogen and oxygen atoms in total. The van der Waals surface area contributed by atoms with E-state index in [4.69, 9.17) is 16.3 Å². The normalized spacial score (nSPS) is 12.0. The van der Waals surface area contributed by atoms with Gasteiger partial charge in [-0.25, -0.2) is 4.98 Å². The first-order chi connectivity index (χ1) is 15.3. The van der Waals surface area contributed by atoms with Gasteiger partial charge in [0, 0.05) is 16.6 Å². The molecular formula is C24H22ClN3O3S. The van der Waals surface area contributed by atoms with Gasteiger partial charge >= 0.3 is 0 Å². The third kappa shape index (κ3) is 4.01. The summed E-state index contributed by atoms with van der Waals surface area (Å²) in [7, 11) is 1.52. The Morgan fingerprint density at radius 3 is 2.66 bits per heavy atom. The Balaban J connectivity index is 1.70. The number of thiophene rings is 1. The largest absolute Gasteiger partial charge is 0.495 e. The maximum atomic E-state index is 13.4. The van der Waals surface area contributed by atoms with Gasteiger partial charge < -0.3 is 10.1 Å². The van der Waals surface area contributed by atoms with Crippen molar-refractivity contribution in [3.63, 3.8) is 0 Å². The number of carbonyl (C=O) groups excluding carboxylic acids is 1. The Morgan fingerprint density at radius 2 is 1.97 bits per heavy atom. The molecule has 32 heavy (non-hydrogen) atoms. The van der Waals surface area contributed by atoms with Crippen LogP contribution >= 0.6 is 22.9 Å². The summed E-state index contributed by atoms with van der Waals surface area (Å²) in [5.41, 5.74) is 4.34. The summed E-state index contributed by atoms with van der Waals surface area (Å²) in [6, 6.07) is 10.3. The lowest BCUT2D eigenvalue weighted by Crippen LogP contribution is -2.31. The van der Waals surface area contributed by atoms with Crippen LogP contribution in [0.3, 0.4) is 0 Å². The number of halogens is 1. The zero-order valence-corrected chi connectivity index (χ0v) is 19.7. The zero-order chi connectivity index (χ0) is 23.0. The van der Waals surface area contributed by atoms with Crippen molar-refractivity contribution in [3.8, 4) is 16.9 Å². The fourth-order valence-electron chi connectivity index (χ4n) is 3.65. The van der Waals surface area contributed by atoms with Crippen LogP contribution in [0.15, 0.2) is 52.9 Å². The molecular weight excluding hydrogens is 446 g/mol. The first-order valence-corrected chi connectivity index (χ1v) is 11.3. The van der Waals surface area contributed by atoms with E-state index in [2.05, 4.69) is 16.4 Å². The summed E-state index contributed by atoms with van der Waals surface area (Å²) >= 11 is 7.57. The molecule has 4 aromatic rings. The quantitative estimate of drug-likeness (QED) is 0.414. The van der Waals surface area contributed by atoms with Crippen LogP contribution in [0.1, 0.15) is 24.1 Å². The minimum atomic E-state index is -0.771. The second-order valence-corrected chi connectivity index (χ2v) is 8.88. The van der Waals surface area contributed by atoms with Gasteiger partial charge in [0.1, 0.15) is 16.6 Å². The summed E-state index contributed by atoms with van der Waals surface area (Å²) in [6.07, 6.45) is 1.43. The summed E-state index contributed by atoms with van der Waals surface area (Å²) in [4.78, 5) is 31.4. The Morgan fingerprint density at radius 1 is 1.19 bits per heavy atom. The number of amides is 1. The average molecular weight is 468 g/mol. The highest BCUT2D eigenvalue weighted by Crippen LogP contribution is 2.33. The minimum Gasteiger partial charge on any atom is -0.495 e. The topological polar surface area (TPSA) is 73.2 Å². The van der Waals surface area contributed by atoms with Gasteiger partial charge in [-0.05, 0) is 50.1 Å². The molecule has 2 aromatic carbocycles. The van der Waals surface area contributed by atoms with Crippen LogP contribution in [0.2, 0.25) is 5.02 Å². The van der Waals surface area contributed by atoms with Crippen molar-refractivity contribution in [2.24, 2.45) is 0 Å². The molecule has 0 aliphatic carbocycles. The van der Waals surface area contributed by atoms with Crippen LogP contribution in [0, 0.1) is 13.8 Å². The summed E-state index contributed by atoms with van der Waals surface area (Å²) < 4.78 is 6.50. The number of fused-ring (bicyclic) bond motifs is 1. The molecule has 0 saturated heterocycles. The van der Waals surface area contributed by atoms with Gasteiger partial charge in [0.15, 0.2) is 0 Å². The summed E-state index contributed by atoms with van der Waals surface area (Å²) in [5.74, 6) is 0.165. The van der Waals surface area contributed by atoms with E-state index in [0.717, 1.165) is 22.3 Å². The van der Waals surface area contributed by atoms with Crippen LogP contribution in [-0.4, -0.2) is 22.6 Å². The van der Waals surface area contributed by atoms with Crippen molar-refractivity contribution in [1.29, 1.82) is 0 Å². The molecule has 2 aromatic heterocycles. The van der Waals surface area contributed by atoms with E-state index in [0.29, 0.717) is 26.7 Å². The first kappa shape index (κ1) is 22.0. The van der Waals surface area contributed by atoms with Crippen molar-refractivity contribution >= 4 is 44.7 Å². The summed E-state index contributed by atoms with van der Waals surface area (Å²) in [6.45, 7) is 5.72. The molecule has 1 N–H and O–H groups in total. The molecule has 1 atom stereocenters. The van der Waals surface area contributed by atoms with Crippen molar-refractivity contribution in [2.45, 2.75) is 26.8 Å². The molecule has 0 fully saturated rings. The second-order valence-electron chi connectivity index (χ2n) is 7.62. The fourth-order valence-corrected chi connectivity index (χ4v) is 4.81. The molecule has 1 amide bonds. The van der Waals surface area contributed by atoms with Crippen molar-refractivity contribution in [3.05, 3.63) is 74.6 Å². The maximum Gasteiger partial charge on any atom is 0.263 e. The van der Waals surface area contributed by atoms with E-state index >= 15 is 0 Å². The Bertz CT molecular complexity index is 1390. The van der Waals surface area contributed by atoms with E-state index in [1.807, 2.05) is 31.4 Å². The second kappa shape index (κ2) is 8.76. The number of rotatable bonds is 5. The lowest BCUT2D eigenvalue weighted by molar-refractivity contribution is -0.118. The van der Waals surface area contributed by atoms with Crippen molar-refractivity contribution in [1.82, 2.24) is 9.55 Å². The van der Waals surface area contributed by atoms with E-state index in [-0.39, 0.29) is 11.5 Å². The molecule has 1 unspecified atom stereocenters. The van der Waals surface area contributed by atoms with Gasteiger partial charge in [-0.2, -0.15) is 0 Å². The highest BCUT2D eigenvalue weighted by Gasteiger charge is 2.21. The maximum absolute atomic E-state index is 13.4. The lowest BCUT2D eigenvalue weighted by atomic mass is 9.99. The van der Waals surface area contributed by atoms with Crippen LogP contribution < -0.4 is 15.6 Å². The van der Waals surface area contributed by atoms with Crippen LogP contribution in [0.5, 0.6) is 5.75 Å². The first-order valence-electron chi connectivity index (χ1n) is 10.0. The van der Waals surface area contributed by atoms with Crippen LogP contribution in [0.4, 0.5) is 5.69 Å². The van der Waals surface area contributed by atoms with Crippen molar-refractivity contribution < 1.29 is 9.53 Å². The fraction of sp³-hybridized carbons (Fsp3) is 0.208. The van der Waals surface area contributed by atoms with Gasteiger partial charge in [0.2, 0.25) is 5.91 Å². The lowest BCUT2D eigenvalue weighted by Gasteiger charge is -2.16. The molecule has 164 valence electrons. The molecule has 8 heteroatoms. The number of aromatic nitrogens is 2. The Kier molecular flexibility index (Phi) is 6.04. The van der Waals surface area contributed by atoms with Gasteiger partial charge in [-0.3, -0.25) is 14.2 Å². The predicted molar refractivity (Wildman–Crippen MR) is 130 cm³/mol.